The molecule has 0 aliphatic carbocycles. The molecule has 1 unspecified atom stereocenters. The molecule has 0 aromatic rings. The maximum absolute atomic E-state index is 10.2. The maximum Gasteiger partial charge on any atom is 0.333 e. The van der Waals surface area contributed by atoms with E-state index in [0.29, 0.717) is 0 Å². The van der Waals surface area contributed by atoms with E-state index in [1.807, 2.05) is 0 Å². The van der Waals surface area contributed by atoms with Crippen molar-refractivity contribution in [3.63, 3.8) is 0 Å². The van der Waals surface area contributed by atoms with Gasteiger partial charge in [0.2, 0.25) is 0 Å². The maximum atomic E-state index is 10.2. The quantitative estimate of drug-likeness (QED) is 0.484. The second-order valence-electron chi connectivity index (χ2n) is 3.83. The normalized spacial score (nSPS) is 12.7. The highest BCUT2D eigenvalue weighted by Crippen LogP contribution is 2.03. The molecule has 3 N–H and O–H groups in total. The predicted molar refractivity (Wildman–Crippen MR) is 59.9 cm³/mol. The molecule has 0 amide bonds. The van der Waals surface area contributed by atoms with Gasteiger partial charge in [0.05, 0.1) is 0 Å². The van der Waals surface area contributed by atoms with E-state index in [9.17, 15) is 4.79 Å². The number of carboxylic acid groups (broad SMARTS) is 1. The molecule has 0 heterocycles. The summed E-state index contributed by atoms with van der Waals surface area (Å²) in [6, 6.07) is 0. The van der Waals surface area contributed by atoms with Crippen molar-refractivity contribution in [3.8, 4) is 0 Å². The van der Waals surface area contributed by atoms with Gasteiger partial charge >= 0.3 is 5.97 Å². The van der Waals surface area contributed by atoms with Gasteiger partial charge < -0.3 is 15.5 Å². The van der Waals surface area contributed by atoms with Gasteiger partial charge in [0, 0.05) is 6.54 Å². The SMILES string of the molecule is CCCCCCCCNCC(O)C(=O)O. The van der Waals surface area contributed by atoms with Gasteiger partial charge in [0.25, 0.3) is 0 Å². The van der Waals surface area contributed by atoms with Gasteiger partial charge in [-0.1, -0.05) is 39.0 Å². The van der Waals surface area contributed by atoms with E-state index in [0.717, 1.165) is 13.0 Å². The van der Waals surface area contributed by atoms with Crippen molar-refractivity contribution in [2.45, 2.75) is 51.6 Å². The van der Waals surface area contributed by atoms with Crippen LogP contribution >= 0.6 is 0 Å². The van der Waals surface area contributed by atoms with Gasteiger partial charge in [0.1, 0.15) is 0 Å². The Balaban J connectivity index is 3.08. The summed E-state index contributed by atoms with van der Waals surface area (Å²) in [5.41, 5.74) is 0. The molecule has 1 atom stereocenters. The number of aliphatic hydroxyl groups excluding tert-OH is 1. The van der Waals surface area contributed by atoms with Gasteiger partial charge in [-0.2, -0.15) is 0 Å². The summed E-state index contributed by atoms with van der Waals surface area (Å²) in [4.78, 5) is 10.2. The van der Waals surface area contributed by atoms with E-state index in [4.69, 9.17) is 10.2 Å². The van der Waals surface area contributed by atoms with E-state index in [1.165, 1.54) is 32.1 Å². The first-order valence-corrected chi connectivity index (χ1v) is 5.80. The standard InChI is InChI=1S/C11H23NO3/c1-2-3-4-5-6-7-8-12-9-10(13)11(14)15/h10,12-13H,2-9H2,1H3,(H,14,15). The summed E-state index contributed by atoms with van der Waals surface area (Å²) in [7, 11) is 0. The first-order chi connectivity index (χ1) is 7.18. The van der Waals surface area contributed by atoms with Crippen LogP contribution in [0.5, 0.6) is 0 Å². The first-order valence-electron chi connectivity index (χ1n) is 5.80. The zero-order valence-electron chi connectivity index (χ0n) is 9.54. The molecule has 4 heteroatoms. The Kier molecular flexibility index (Phi) is 9.52. The van der Waals surface area contributed by atoms with Gasteiger partial charge in [-0.25, -0.2) is 4.79 Å². The Labute approximate surface area is 91.7 Å². The summed E-state index contributed by atoms with van der Waals surface area (Å²) in [5, 5.41) is 20.3. The van der Waals surface area contributed by atoms with Gasteiger partial charge in [0.15, 0.2) is 6.10 Å². The number of hydrogen-bond donors (Lipinski definition) is 3. The molecule has 0 saturated carbocycles. The molecule has 0 saturated heterocycles. The van der Waals surface area contributed by atoms with Crippen LogP contribution < -0.4 is 5.32 Å². The molecule has 0 aliphatic rings. The number of hydrogen-bond acceptors (Lipinski definition) is 3. The van der Waals surface area contributed by atoms with Crippen LogP contribution in [0.4, 0.5) is 0 Å². The molecule has 0 aromatic heterocycles. The molecule has 4 nitrogen and oxygen atoms in total. The van der Waals surface area contributed by atoms with E-state index >= 15 is 0 Å². The van der Waals surface area contributed by atoms with E-state index in [2.05, 4.69) is 12.2 Å². The van der Waals surface area contributed by atoms with Crippen molar-refractivity contribution in [1.82, 2.24) is 5.32 Å². The summed E-state index contributed by atoms with van der Waals surface area (Å²) < 4.78 is 0. The average molecular weight is 217 g/mol. The second kappa shape index (κ2) is 9.93. The molecule has 0 radical (unpaired) electrons. The fourth-order valence-corrected chi connectivity index (χ4v) is 1.36. The third-order valence-corrected chi connectivity index (χ3v) is 2.33. The molecule has 90 valence electrons. The minimum absolute atomic E-state index is 0.143. The highest BCUT2D eigenvalue weighted by atomic mass is 16.4. The number of carbonyl (C=O) groups is 1. The highest BCUT2D eigenvalue weighted by Gasteiger charge is 2.10. The average Bonchev–Trinajstić information content (AvgIpc) is 2.21. The second-order valence-corrected chi connectivity index (χ2v) is 3.83. The Morgan fingerprint density at radius 1 is 1.20 bits per heavy atom. The van der Waals surface area contributed by atoms with Crippen molar-refractivity contribution in [2.24, 2.45) is 0 Å². The van der Waals surface area contributed by atoms with Gasteiger partial charge in [-0.15, -0.1) is 0 Å². The van der Waals surface area contributed by atoms with Crippen molar-refractivity contribution >= 4 is 5.97 Å². The highest BCUT2D eigenvalue weighted by molar-refractivity contribution is 5.72. The van der Waals surface area contributed by atoms with E-state index in [-0.39, 0.29) is 6.54 Å². The fraction of sp³-hybridized carbons (Fsp3) is 0.909. The Bertz CT molecular complexity index is 162. The van der Waals surface area contributed by atoms with Crippen LogP contribution in [0.15, 0.2) is 0 Å². The van der Waals surface area contributed by atoms with Crippen LogP contribution in [0, 0.1) is 0 Å². The zero-order valence-corrected chi connectivity index (χ0v) is 9.54. The predicted octanol–water partition coefficient (Wildman–Crippen LogP) is 1.38. The number of aliphatic hydroxyl groups is 1. The van der Waals surface area contributed by atoms with E-state index in [1.54, 1.807) is 0 Å². The summed E-state index contributed by atoms with van der Waals surface area (Å²) >= 11 is 0. The van der Waals surface area contributed by atoms with Crippen molar-refractivity contribution in [3.05, 3.63) is 0 Å². The first kappa shape index (κ1) is 14.4. The fourth-order valence-electron chi connectivity index (χ4n) is 1.36. The van der Waals surface area contributed by atoms with Crippen LogP contribution in [0.25, 0.3) is 0 Å². The lowest BCUT2D eigenvalue weighted by atomic mass is 10.1. The smallest absolute Gasteiger partial charge is 0.333 e. The van der Waals surface area contributed by atoms with Crippen molar-refractivity contribution in [2.75, 3.05) is 13.1 Å². The van der Waals surface area contributed by atoms with Crippen molar-refractivity contribution < 1.29 is 15.0 Å². The summed E-state index contributed by atoms with van der Waals surface area (Å²) in [5.74, 6) is -1.16. The molecular weight excluding hydrogens is 194 g/mol. The van der Waals surface area contributed by atoms with Crippen LogP contribution in [-0.2, 0) is 4.79 Å². The van der Waals surface area contributed by atoms with E-state index < -0.39 is 12.1 Å². The monoisotopic (exact) mass is 217 g/mol. The minimum Gasteiger partial charge on any atom is -0.479 e. The molecule has 15 heavy (non-hydrogen) atoms. The number of aliphatic carboxylic acids is 1. The number of rotatable bonds is 10. The summed E-state index contributed by atoms with van der Waals surface area (Å²) in [6.07, 6.45) is 6.04. The zero-order chi connectivity index (χ0) is 11.5. The lowest BCUT2D eigenvalue weighted by Crippen LogP contribution is -2.33. The molecule has 0 spiro atoms. The largest absolute Gasteiger partial charge is 0.479 e. The summed E-state index contributed by atoms with van der Waals surface area (Å²) in [6.45, 7) is 3.12. The number of carboxylic acids is 1. The van der Waals surface area contributed by atoms with Crippen LogP contribution in [0.3, 0.4) is 0 Å². The van der Waals surface area contributed by atoms with Crippen LogP contribution in [0.1, 0.15) is 45.4 Å². The molecular formula is C11H23NO3. The molecule has 0 aliphatic heterocycles. The Morgan fingerprint density at radius 3 is 2.40 bits per heavy atom. The number of unbranched alkanes of at least 4 members (excludes halogenated alkanes) is 5. The number of nitrogens with one attached hydrogen (secondary N) is 1. The Hall–Kier alpha value is -0.610. The van der Waals surface area contributed by atoms with Crippen molar-refractivity contribution in [1.29, 1.82) is 0 Å². The van der Waals surface area contributed by atoms with Gasteiger partial charge in [-0.3, -0.25) is 0 Å². The van der Waals surface area contributed by atoms with Gasteiger partial charge in [-0.05, 0) is 13.0 Å². The molecule has 0 aromatic carbocycles. The van der Waals surface area contributed by atoms with Crippen LogP contribution in [0.2, 0.25) is 0 Å². The Morgan fingerprint density at radius 2 is 1.80 bits per heavy atom. The topological polar surface area (TPSA) is 69.6 Å². The lowest BCUT2D eigenvalue weighted by molar-refractivity contribution is -0.146. The lowest BCUT2D eigenvalue weighted by Gasteiger charge is -2.07. The third-order valence-electron chi connectivity index (χ3n) is 2.33. The molecule has 0 fully saturated rings. The van der Waals surface area contributed by atoms with Crippen LogP contribution in [-0.4, -0.2) is 35.4 Å². The molecule has 0 bridgehead atoms. The third kappa shape index (κ3) is 9.69. The molecule has 0 rings (SSSR count). The minimum atomic E-state index is -1.27.